The van der Waals surface area contributed by atoms with Crippen LogP contribution in [0, 0.1) is 0 Å². The number of hydrogen-bond acceptors (Lipinski definition) is 3. The van der Waals surface area contributed by atoms with E-state index in [1.54, 1.807) is 30.3 Å². The van der Waals surface area contributed by atoms with Crippen molar-refractivity contribution in [3.63, 3.8) is 0 Å². The molecule has 0 aliphatic carbocycles. The molecule has 0 fully saturated rings. The quantitative estimate of drug-likeness (QED) is 0.386. The second-order valence-electron chi connectivity index (χ2n) is 5.82. The molecule has 0 aliphatic heterocycles. The standard InChI is InChI=1S/C19H20F5N3O2/c1-25-18(27-11-14-6-2-3-8-16(14)29-17(20)21)26-10-13-5-4-7-15(9-13)28-12-19(22,23)24/h2-9,17H,10-12H2,1H3,(H2,25,26,27). The molecule has 0 saturated carbocycles. The van der Waals surface area contributed by atoms with Crippen molar-refractivity contribution in [3.8, 4) is 11.5 Å². The van der Waals surface area contributed by atoms with Crippen LogP contribution in [-0.2, 0) is 13.1 Å². The number of ether oxygens (including phenoxy) is 2. The van der Waals surface area contributed by atoms with Crippen LogP contribution >= 0.6 is 0 Å². The molecule has 2 aromatic rings. The number of rotatable bonds is 8. The molecule has 0 aromatic heterocycles. The zero-order valence-electron chi connectivity index (χ0n) is 15.5. The fourth-order valence-electron chi connectivity index (χ4n) is 2.36. The van der Waals surface area contributed by atoms with Gasteiger partial charge in [-0.25, -0.2) is 0 Å². The van der Waals surface area contributed by atoms with Crippen molar-refractivity contribution in [2.45, 2.75) is 25.9 Å². The molecule has 0 aliphatic rings. The maximum Gasteiger partial charge on any atom is 0.422 e. The van der Waals surface area contributed by atoms with Crippen molar-refractivity contribution in [2.24, 2.45) is 4.99 Å². The number of alkyl halides is 5. The highest BCUT2D eigenvalue weighted by Crippen LogP contribution is 2.20. The second kappa shape index (κ2) is 10.5. The minimum Gasteiger partial charge on any atom is -0.484 e. The summed E-state index contributed by atoms with van der Waals surface area (Å²) in [5.41, 5.74) is 1.19. The van der Waals surface area contributed by atoms with Gasteiger partial charge in [-0.05, 0) is 23.8 Å². The number of nitrogens with zero attached hydrogens (tertiary/aromatic N) is 1. The van der Waals surface area contributed by atoms with Crippen molar-refractivity contribution in [3.05, 3.63) is 59.7 Å². The van der Waals surface area contributed by atoms with Crippen LogP contribution in [0.25, 0.3) is 0 Å². The van der Waals surface area contributed by atoms with E-state index >= 15 is 0 Å². The van der Waals surface area contributed by atoms with Crippen molar-refractivity contribution in [2.75, 3.05) is 13.7 Å². The molecule has 29 heavy (non-hydrogen) atoms. The lowest BCUT2D eigenvalue weighted by molar-refractivity contribution is -0.153. The van der Waals surface area contributed by atoms with E-state index in [0.29, 0.717) is 17.1 Å². The Morgan fingerprint density at radius 1 is 1.03 bits per heavy atom. The lowest BCUT2D eigenvalue weighted by Gasteiger charge is -2.15. The monoisotopic (exact) mass is 417 g/mol. The van der Waals surface area contributed by atoms with Gasteiger partial charge in [0.25, 0.3) is 0 Å². The molecule has 0 spiro atoms. The number of halogens is 5. The Kier molecular flexibility index (Phi) is 8.05. The average Bonchev–Trinajstić information content (AvgIpc) is 2.67. The van der Waals surface area contributed by atoms with E-state index in [1.165, 1.54) is 25.2 Å². The van der Waals surface area contributed by atoms with Crippen molar-refractivity contribution >= 4 is 5.96 Å². The number of guanidine groups is 1. The van der Waals surface area contributed by atoms with Gasteiger partial charge in [-0.2, -0.15) is 22.0 Å². The lowest BCUT2D eigenvalue weighted by atomic mass is 10.2. The highest BCUT2D eigenvalue weighted by molar-refractivity contribution is 5.79. The zero-order chi connectivity index (χ0) is 21.3. The van der Waals surface area contributed by atoms with Gasteiger partial charge in [-0.1, -0.05) is 30.3 Å². The summed E-state index contributed by atoms with van der Waals surface area (Å²) >= 11 is 0. The van der Waals surface area contributed by atoms with Crippen molar-refractivity contribution < 1.29 is 31.4 Å². The third-order valence-electron chi connectivity index (χ3n) is 3.62. The van der Waals surface area contributed by atoms with E-state index in [-0.39, 0.29) is 24.6 Å². The van der Waals surface area contributed by atoms with Crippen molar-refractivity contribution in [1.29, 1.82) is 0 Å². The minimum atomic E-state index is -4.41. The Hall–Kier alpha value is -3.04. The summed E-state index contributed by atoms with van der Waals surface area (Å²) in [5.74, 6) is 0.529. The van der Waals surface area contributed by atoms with E-state index in [9.17, 15) is 22.0 Å². The first kappa shape index (κ1) is 22.3. The molecule has 2 N–H and O–H groups in total. The molecule has 0 bridgehead atoms. The largest absolute Gasteiger partial charge is 0.484 e. The molecule has 0 heterocycles. The van der Waals surface area contributed by atoms with Gasteiger partial charge in [-0.15, -0.1) is 0 Å². The molecule has 5 nitrogen and oxygen atoms in total. The van der Waals surface area contributed by atoms with Crippen LogP contribution in [0.4, 0.5) is 22.0 Å². The Morgan fingerprint density at radius 3 is 2.45 bits per heavy atom. The Labute approximate surface area is 164 Å². The van der Waals surface area contributed by atoms with Crippen LogP contribution in [0.2, 0.25) is 0 Å². The molecule has 10 heteroatoms. The fraction of sp³-hybridized carbons (Fsp3) is 0.316. The Balaban J connectivity index is 1.90. The third kappa shape index (κ3) is 8.24. The van der Waals surface area contributed by atoms with Crippen LogP contribution in [0.1, 0.15) is 11.1 Å². The molecule has 0 radical (unpaired) electrons. The molecular formula is C19H20F5N3O2. The normalized spacial score (nSPS) is 12.0. The van der Waals surface area contributed by atoms with E-state index in [0.717, 1.165) is 0 Å². The minimum absolute atomic E-state index is 0.0555. The lowest BCUT2D eigenvalue weighted by Crippen LogP contribution is -2.36. The van der Waals surface area contributed by atoms with E-state index in [1.807, 2.05) is 0 Å². The van der Waals surface area contributed by atoms with Gasteiger partial charge in [0.15, 0.2) is 12.6 Å². The first-order chi connectivity index (χ1) is 13.8. The Morgan fingerprint density at radius 2 is 1.76 bits per heavy atom. The van der Waals surface area contributed by atoms with Crippen LogP contribution in [0.3, 0.4) is 0 Å². The average molecular weight is 417 g/mol. The third-order valence-corrected chi connectivity index (χ3v) is 3.62. The van der Waals surface area contributed by atoms with E-state index < -0.39 is 19.4 Å². The summed E-state index contributed by atoms with van der Waals surface area (Å²) in [6.45, 7) is -3.86. The number of benzene rings is 2. The van der Waals surface area contributed by atoms with Gasteiger partial charge < -0.3 is 20.1 Å². The summed E-state index contributed by atoms with van der Waals surface area (Å²) in [6, 6.07) is 12.6. The topological polar surface area (TPSA) is 54.9 Å². The van der Waals surface area contributed by atoms with Gasteiger partial charge >= 0.3 is 12.8 Å². The molecule has 158 valence electrons. The van der Waals surface area contributed by atoms with E-state index in [2.05, 4.69) is 20.4 Å². The Bertz CT molecular complexity index is 812. The molecule has 0 saturated heterocycles. The summed E-state index contributed by atoms with van der Waals surface area (Å²) in [4.78, 5) is 4.03. The number of aliphatic imine (C=N–C) groups is 1. The smallest absolute Gasteiger partial charge is 0.422 e. The highest BCUT2D eigenvalue weighted by Gasteiger charge is 2.28. The van der Waals surface area contributed by atoms with Crippen LogP contribution in [0.5, 0.6) is 11.5 Å². The van der Waals surface area contributed by atoms with Crippen molar-refractivity contribution in [1.82, 2.24) is 10.6 Å². The van der Waals surface area contributed by atoms with Crippen LogP contribution < -0.4 is 20.1 Å². The van der Waals surface area contributed by atoms with Gasteiger partial charge in [0.05, 0.1) is 0 Å². The summed E-state index contributed by atoms with van der Waals surface area (Å²) in [7, 11) is 1.53. The van der Waals surface area contributed by atoms with Crippen LogP contribution in [0.15, 0.2) is 53.5 Å². The highest BCUT2D eigenvalue weighted by atomic mass is 19.4. The number of para-hydroxylation sites is 1. The molecule has 0 amide bonds. The molecular weight excluding hydrogens is 397 g/mol. The van der Waals surface area contributed by atoms with Gasteiger partial charge in [0.2, 0.25) is 0 Å². The predicted molar refractivity (Wildman–Crippen MR) is 98.1 cm³/mol. The second-order valence-corrected chi connectivity index (χ2v) is 5.82. The number of nitrogens with one attached hydrogen (secondary N) is 2. The number of hydrogen-bond donors (Lipinski definition) is 2. The predicted octanol–water partition coefficient (Wildman–Crippen LogP) is 4.09. The zero-order valence-corrected chi connectivity index (χ0v) is 15.5. The molecule has 2 rings (SSSR count). The van der Waals surface area contributed by atoms with Gasteiger partial charge in [0, 0.05) is 25.7 Å². The molecule has 2 aromatic carbocycles. The molecule has 0 atom stereocenters. The summed E-state index contributed by atoms with van der Waals surface area (Å²) in [5, 5.41) is 5.95. The summed E-state index contributed by atoms with van der Waals surface area (Å²) in [6.07, 6.45) is -4.41. The SMILES string of the molecule is CN=C(NCc1cccc(OCC(F)(F)F)c1)NCc1ccccc1OC(F)F. The fourth-order valence-corrected chi connectivity index (χ4v) is 2.36. The van der Waals surface area contributed by atoms with E-state index in [4.69, 9.17) is 4.74 Å². The van der Waals surface area contributed by atoms with Gasteiger partial charge in [-0.3, -0.25) is 4.99 Å². The maximum absolute atomic E-state index is 12.5. The molecule has 0 unspecified atom stereocenters. The summed E-state index contributed by atoms with van der Waals surface area (Å²) < 4.78 is 70.9. The van der Waals surface area contributed by atoms with Crippen LogP contribution in [-0.4, -0.2) is 32.4 Å². The first-order valence-electron chi connectivity index (χ1n) is 8.52. The first-order valence-corrected chi connectivity index (χ1v) is 8.52. The maximum atomic E-state index is 12.5. The van der Waals surface area contributed by atoms with Gasteiger partial charge in [0.1, 0.15) is 11.5 Å².